The van der Waals surface area contributed by atoms with Gasteiger partial charge in [0.15, 0.2) is 5.16 Å². The SMILES string of the molecule is CSc1nc(N)nn1-c1ccccc1[N+](=O)[O-]. The number of hydrogen-bond donors (Lipinski definition) is 1. The van der Waals surface area contributed by atoms with Gasteiger partial charge in [0.25, 0.3) is 5.69 Å². The molecule has 0 amide bonds. The maximum absolute atomic E-state index is 10.9. The largest absolute Gasteiger partial charge is 0.366 e. The van der Waals surface area contributed by atoms with Gasteiger partial charge in [-0.05, 0) is 12.3 Å². The Labute approximate surface area is 101 Å². The van der Waals surface area contributed by atoms with Crippen LogP contribution >= 0.6 is 11.8 Å². The van der Waals surface area contributed by atoms with Crippen molar-refractivity contribution in [3.8, 4) is 5.69 Å². The van der Waals surface area contributed by atoms with Crippen molar-refractivity contribution in [2.24, 2.45) is 0 Å². The Hall–Kier alpha value is -2.09. The number of nitrogen functional groups attached to an aromatic ring is 1. The predicted molar refractivity (Wildman–Crippen MR) is 64.2 cm³/mol. The second-order valence-corrected chi connectivity index (χ2v) is 3.89. The first-order valence-corrected chi connectivity index (χ1v) is 5.86. The summed E-state index contributed by atoms with van der Waals surface area (Å²) in [4.78, 5) is 14.4. The molecule has 2 aromatic rings. The Morgan fingerprint density at radius 2 is 2.18 bits per heavy atom. The fourth-order valence-corrected chi connectivity index (χ4v) is 1.90. The molecular formula is C9H9N5O2S. The number of hydrogen-bond acceptors (Lipinski definition) is 6. The number of para-hydroxylation sites is 2. The lowest BCUT2D eigenvalue weighted by Crippen LogP contribution is -2.03. The van der Waals surface area contributed by atoms with Crippen molar-refractivity contribution in [3.63, 3.8) is 0 Å². The Morgan fingerprint density at radius 1 is 1.47 bits per heavy atom. The van der Waals surface area contributed by atoms with E-state index in [1.54, 1.807) is 24.5 Å². The molecule has 0 unspecified atom stereocenters. The zero-order valence-electron chi connectivity index (χ0n) is 8.90. The maximum Gasteiger partial charge on any atom is 0.294 e. The summed E-state index contributed by atoms with van der Waals surface area (Å²) in [6.07, 6.45) is 1.80. The topological polar surface area (TPSA) is 99.9 Å². The van der Waals surface area contributed by atoms with Crippen LogP contribution in [0, 0.1) is 10.1 Å². The van der Waals surface area contributed by atoms with Gasteiger partial charge in [0.2, 0.25) is 5.95 Å². The first-order valence-electron chi connectivity index (χ1n) is 4.64. The maximum atomic E-state index is 10.9. The highest BCUT2D eigenvalue weighted by atomic mass is 32.2. The lowest BCUT2D eigenvalue weighted by atomic mass is 10.3. The summed E-state index contributed by atoms with van der Waals surface area (Å²) in [5.74, 6) is 0.0903. The number of nitro benzene ring substituents is 1. The monoisotopic (exact) mass is 251 g/mol. The van der Waals surface area contributed by atoms with E-state index in [4.69, 9.17) is 5.73 Å². The van der Waals surface area contributed by atoms with Crippen molar-refractivity contribution >= 4 is 23.4 Å². The van der Waals surface area contributed by atoms with Crippen LogP contribution in [-0.4, -0.2) is 25.9 Å². The zero-order chi connectivity index (χ0) is 12.4. The summed E-state index contributed by atoms with van der Waals surface area (Å²) in [6, 6.07) is 6.31. The first-order chi connectivity index (χ1) is 8.13. The Balaban J connectivity index is 2.63. The van der Waals surface area contributed by atoms with Gasteiger partial charge in [-0.2, -0.15) is 9.67 Å². The Bertz CT molecular complexity index is 568. The summed E-state index contributed by atoms with van der Waals surface area (Å²) < 4.78 is 1.37. The third-order valence-corrected chi connectivity index (χ3v) is 2.71. The van der Waals surface area contributed by atoms with Gasteiger partial charge in [0.05, 0.1) is 4.92 Å². The quantitative estimate of drug-likeness (QED) is 0.504. The van der Waals surface area contributed by atoms with Gasteiger partial charge < -0.3 is 5.73 Å². The molecule has 0 aliphatic rings. The highest BCUT2D eigenvalue weighted by Crippen LogP contribution is 2.25. The summed E-state index contributed by atoms with van der Waals surface area (Å²) in [5.41, 5.74) is 5.81. The van der Waals surface area contributed by atoms with E-state index in [2.05, 4.69) is 10.1 Å². The minimum Gasteiger partial charge on any atom is -0.366 e. The average molecular weight is 251 g/mol. The van der Waals surface area contributed by atoms with Gasteiger partial charge in [0.1, 0.15) is 5.69 Å². The standard InChI is InChI=1S/C9H9N5O2S/c1-17-9-11-8(10)12-13(9)6-4-2-3-5-7(6)14(15)16/h2-5H,1H3,(H2,10,12). The van der Waals surface area contributed by atoms with E-state index in [0.717, 1.165) is 0 Å². The van der Waals surface area contributed by atoms with Crippen molar-refractivity contribution in [2.45, 2.75) is 5.16 Å². The molecule has 0 radical (unpaired) electrons. The molecule has 0 fully saturated rings. The van der Waals surface area contributed by atoms with Crippen LogP contribution < -0.4 is 5.73 Å². The number of aromatic nitrogens is 3. The number of nitro groups is 1. The molecule has 0 saturated heterocycles. The van der Waals surface area contributed by atoms with Gasteiger partial charge >= 0.3 is 0 Å². The molecule has 1 heterocycles. The minimum atomic E-state index is -0.461. The predicted octanol–water partition coefficient (Wildman–Crippen LogP) is 1.48. The van der Waals surface area contributed by atoms with Crippen LogP contribution in [0.5, 0.6) is 0 Å². The first kappa shape index (κ1) is 11.4. The second kappa shape index (κ2) is 4.42. The summed E-state index contributed by atoms with van der Waals surface area (Å²) >= 11 is 1.32. The summed E-state index contributed by atoms with van der Waals surface area (Å²) in [7, 11) is 0. The molecule has 0 aliphatic carbocycles. The molecule has 7 nitrogen and oxygen atoms in total. The summed E-state index contributed by atoms with van der Waals surface area (Å²) in [5, 5.41) is 15.4. The molecule has 2 N–H and O–H groups in total. The number of rotatable bonds is 3. The Morgan fingerprint density at radius 3 is 2.82 bits per heavy atom. The molecule has 8 heteroatoms. The Kier molecular flexibility index (Phi) is 2.96. The van der Waals surface area contributed by atoms with E-state index >= 15 is 0 Å². The molecular weight excluding hydrogens is 242 g/mol. The van der Waals surface area contributed by atoms with E-state index in [-0.39, 0.29) is 11.6 Å². The van der Waals surface area contributed by atoms with Gasteiger partial charge in [-0.1, -0.05) is 23.9 Å². The van der Waals surface area contributed by atoms with Crippen molar-refractivity contribution in [1.29, 1.82) is 0 Å². The molecule has 0 spiro atoms. The van der Waals surface area contributed by atoms with Crippen LogP contribution in [0.2, 0.25) is 0 Å². The van der Waals surface area contributed by atoms with Crippen LogP contribution in [0.15, 0.2) is 29.4 Å². The summed E-state index contributed by atoms with van der Waals surface area (Å²) in [6.45, 7) is 0. The second-order valence-electron chi connectivity index (χ2n) is 3.11. The molecule has 1 aromatic heterocycles. The van der Waals surface area contributed by atoms with Crippen LogP contribution in [0.4, 0.5) is 11.6 Å². The smallest absolute Gasteiger partial charge is 0.294 e. The highest BCUT2D eigenvalue weighted by molar-refractivity contribution is 7.98. The van der Waals surface area contributed by atoms with E-state index in [0.29, 0.717) is 10.8 Å². The molecule has 2 rings (SSSR count). The van der Waals surface area contributed by atoms with Gasteiger partial charge in [-0.25, -0.2) is 0 Å². The highest BCUT2D eigenvalue weighted by Gasteiger charge is 2.18. The van der Waals surface area contributed by atoms with Crippen molar-refractivity contribution in [3.05, 3.63) is 34.4 Å². The van der Waals surface area contributed by atoms with Crippen LogP contribution in [0.25, 0.3) is 5.69 Å². The lowest BCUT2D eigenvalue weighted by Gasteiger charge is -2.03. The number of nitrogens with two attached hydrogens (primary N) is 1. The van der Waals surface area contributed by atoms with E-state index < -0.39 is 4.92 Å². The van der Waals surface area contributed by atoms with E-state index in [1.807, 2.05) is 0 Å². The van der Waals surface area contributed by atoms with Crippen molar-refractivity contribution < 1.29 is 4.92 Å². The fraction of sp³-hybridized carbons (Fsp3) is 0.111. The molecule has 0 aliphatic heterocycles. The normalized spacial score (nSPS) is 10.4. The third-order valence-electron chi connectivity index (χ3n) is 2.08. The van der Waals surface area contributed by atoms with Crippen LogP contribution in [-0.2, 0) is 0 Å². The molecule has 0 atom stereocenters. The zero-order valence-corrected chi connectivity index (χ0v) is 9.72. The molecule has 17 heavy (non-hydrogen) atoms. The minimum absolute atomic E-state index is 0.0345. The third kappa shape index (κ3) is 2.07. The fourth-order valence-electron chi connectivity index (χ4n) is 1.40. The van der Waals surface area contributed by atoms with Crippen molar-refractivity contribution in [1.82, 2.24) is 14.8 Å². The number of thioether (sulfide) groups is 1. The van der Waals surface area contributed by atoms with E-state index in [9.17, 15) is 10.1 Å². The van der Waals surface area contributed by atoms with Crippen LogP contribution in [0.1, 0.15) is 0 Å². The molecule has 0 bridgehead atoms. The molecule has 88 valence electrons. The number of anilines is 1. The molecule has 0 saturated carbocycles. The number of nitrogens with zero attached hydrogens (tertiary/aromatic N) is 4. The van der Waals surface area contributed by atoms with Gasteiger partial charge in [-0.15, -0.1) is 5.10 Å². The average Bonchev–Trinajstić information content (AvgIpc) is 2.70. The lowest BCUT2D eigenvalue weighted by molar-refractivity contribution is -0.384. The van der Waals surface area contributed by atoms with Crippen LogP contribution in [0.3, 0.4) is 0 Å². The molecule has 1 aromatic carbocycles. The van der Waals surface area contributed by atoms with Gasteiger partial charge in [0, 0.05) is 6.07 Å². The van der Waals surface area contributed by atoms with Gasteiger partial charge in [-0.3, -0.25) is 10.1 Å². The van der Waals surface area contributed by atoms with E-state index in [1.165, 1.54) is 22.5 Å². The number of benzene rings is 1. The van der Waals surface area contributed by atoms with Crippen molar-refractivity contribution in [2.75, 3.05) is 12.0 Å².